The van der Waals surface area contributed by atoms with Crippen molar-refractivity contribution in [3.05, 3.63) is 47.9 Å². The predicted molar refractivity (Wildman–Crippen MR) is 82.8 cm³/mol. The fourth-order valence-corrected chi connectivity index (χ4v) is 2.02. The highest BCUT2D eigenvalue weighted by atomic mass is 16.5. The highest BCUT2D eigenvalue weighted by Crippen LogP contribution is 2.32. The molecule has 0 fully saturated rings. The summed E-state index contributed by atoms with van der Waals surface area (Å²) in [5, 5.41) is 0. The SMILES string of the molecule is CCCOc1ccc(C(N)c2ccoc2)cc1OCCC. The zero-order valence-electron chi connectivity index (χ0n) is 12.7. The van der Waals surface area contributed by atoms with E-state index in [1.807, 2.05) is 24.3 Å². The Morgan fingerprint density at radius 3 is 2.33 bits per heavy atom. The molecule has 0 spiro atoms. The first-order valence-corrected chi connectivity index (χ1v) is 7.43. The maximum Gasteiger partial charge on any atom is 0.161 e. The highest BCUT2D eigenvalue weighted by Gasteiger charge is 2.14. The van der Waals surface area contributed by atoms with E-state index in [-0.39, 0.29) is 6.04 Å². The van der Waals surface area contributed by atoms with Crippen molar-refractivity contribution in [2.75, 3.05) is 13.2 Å². The van der Waals surface area contributed by atoms with Gasteiger partial charge in [0.2, 0.25) is 0 Å². The molecule has 0 radical (unpaired) electrons. The summed E-state index contributed by atoms with van der Waals surface area (Å²) in [5.41, 5.74) is 8.17. The first kappa shape index (κ1) is 15.4. The Morgan fingerprint density at radius 2 is 1.71 bits per heavy atom. The van der Waals surface area contributed by atoms with E-state index in [0.29, 0.717) is 13.2 Å². The van der Waals surface area contributed by atoms with Gasteiger partial charge in [0, 0.05) is 5.56 Å². The van der Waals surface area contributed by atoms with Crippen LogP contribution in [0.5, 0.6) is 11.5 Å². The Hall–Kier alpha value is -1.94. The first-order valence-electron chi connectivity index (χ1n) is 7.43. The first-order chi connectivity index (χ1) is 10.3. The second-order valence-corrected chi connectivity index (χ2v) is 4.94. The minimum absolute atomic E-state index is 0.229. The van der Waals surface area contributed by atoms with Crippen LogP contribution in [0.4, 0.5) is 0 Å². The van der Waals surface area contributed by atoms with E-state index in [9.17, 15) is 0 Å². The molecule has 1 aromatic carbocycles. The molecule has 4 heteroatoms. The Labute approximate surface area is 125 Å². The van der Waals surface area contributed by atoms with Gasteiger partial charge in [-0.25, -0.2) is 0 Å². The minimum atomic E-state index is -0.229. The van der Waals surface area contributed by atoms with Crippen molar-refractivity contribution in [3.63, 3.8) is 0 Å². The summed E-state index contributed by atoms with van der Waals surface area (Å²) in [5.74, 6) is 1.52. The fraction of sp³-hybridized carbons (Fsp3) is 0.412. The van der Waals surface area contributed by atoms with Crippen LogP contribution in [0.3, 0.4) is 0 Å². The number of benzene rings is 1. The van der Waals surface area contributed by atoms with Crippen LogP contribution in [0.1, 0.15) is 43.9 Å². The molecule has 1 unspecified atom stereocenters. The number of nitrogens with two attached hydrogens (primary N) is 1. The quantitative estimate of drug-likeness (QED) is 0.800. The van der Waals surface area contributed by atoms with Crippen LogP contribution in [0.15, 0.2) is 41.2 Å². The lowest BCUT2D eigenvalue weighted by molar-refractivity contribution is 0.268. The third-order valence-corrected chi connectivity index (χ3v) is 3.15. The smallest absolute Gasteiger partial charge is 0.161 e. The maximum absolute atomic E-state index is 6.25. The molecule has 1 heterocycles. The Kier molecular flexibility index (Phi) is 5.69. The van der Waals surface area contributed by atoms with Gasteiger partial charge in [-0.15, -0.1) is 0 Å². The summed E-state index contributed by atoms with van der Waals surface area (Å²) in [6.45, 7) is 5.49. The molecule has 0 bridgehead atoms. The molecule has 1 aromatic heterocycles. The van der Waals surface area contributed by atoms with Gasteiger partial charge in [-0.05, 0) is 36.6 Å². The van der Waals surface area contributed by atoms with Crippen LogP contribution in [0.2, 0.25) is 0 Å². The molecule has 0 aliphatic rings. The predicted octanol–water partition coefficient (Wildman–Crippen LogP) is 3.91. The van der Waals surface area contributed by atoms with Crippen molar-refractivity contribution in [1.29, 1.82) is 0 Å². The molecule has 21 heavy (non-hydrogen) atoms. The molecule has 114 valence electrons. The lowest BCUT2D eigenvalue weighted by atomic mass is 10.0. The zero-order chi connectivity index (χ0) is 15.1. The van der Waals surface area contributed by atoms with Crippen molar-refractivity contribution in [3.8, 4) is 11.5 Å². The van der Waals surface area contributed by atoms with Crippen LogP contribution in [-0.2, 0) is 0 Å². The molecule has 4 nitrogen and oxygen atoms in total. The summed E-state index contributed by atoms with van der Waals surface area (Å²) in [4.78, 5) is 0. The molecular weight excluding hydrogens is 266 g/mol. The molecular formula is C17H23NO3. The molecule has 0 saturated carbocycles. The van der Waals surface area contributed by atoms with Crippen molar-refractivity contribution in [2.45, 2.75) is 32.7 Å². The lowest BCUT2D eigenvalue weighted by Crippen LogP contribution is -2.11. The Morgan fingerprint density at radius 1 is 1.00 bits per heavy atom. The summed E-state index contributed by atoms with van der Waals surface area (Å²) in [7, 11) is 0. The van der Waals surface area contributed by atoms with Crippen LogP contribution in [-0.4, -0.2) is 13.2 Å². The second-order valence-electron chi connectivity index (χ2n) is 4.94. The molecule has 2 N–H and O–H groups in total. The average molecular weight is 289 g/mol. The summed E-state index contributed by atoms with van der Waals surface area (Å²) >= 11 is 0. The van der Waals surface area contributed by atoms with Gasteiger partial charge < -0.3 is 19.6 Å². The zero-order valence-corrected chi connectivity index (χ0v) is 12.7. The number of hydrogen-bond acceptors (Lipinski definition) is 4. The molecule has 0 amide bonds. The van der Waals surface area contributed by atoms with Gasteiger partial charge in [0.1, 0.15) is 0 Å². The van der Waals surface area contributed by atoms with Gasteiger partial charge >= 0.3 is 0 Å². The van der Waals surface area contributed by atoms with E-state index < -0.39 is 0 Å². The van der Waals surface area contributed by atoms with E-state index in [4.69, 9.17) is 19.6 Å². The number of furan rings is 1. The highest BCUT2D eigenvalue weighted by molar-refractivity contribution is 5.45. The van der Waals surface area contributed by atoms with E-state index in [0.717, 1.165) is 35.5 Å². The molecule has 0 aliphatic carbocycles. The van der Waals surface area contributed by atoms with Crippen LogP contribution < -0.4 is 15.2 Å². The summed E-state index contributed by atoms with van der Waals surface area (Å²) < 4.78 is 16.6. The average Bonchev–Trinajstić information content (AvgIpc) is 3.04. The number of rotatable bonds is 8. The Bertz CT molecular complexity index is 537. The lowest BCUT2D eigenvalue weighted by Gasteiger charge is -2.16. The third-order valence-electron chi connectivity index (χ3n) is 3.15. The Balaban J connectivity index is 2.22. The third kappa shape index (κ3) is 4.02. The van der Waals surface area contributed by atoms with E-state index in [2.05, 4.69) is 13.8 Å². The number of hydrogen-bond donors (Lipinski definition) is 1. The van der Waals surface area contributed by atoms with Crippen molar-refractivity contribution in [1.82, 2.24) is 0 Å². The van der Waals surface area contributed by atoms with Crippen LogP contribution in [0, 0.1) is 0 Å². The van der Waals surface area contributed by atoms with Crippen LogP contribution in [0.25, 0.3) is 0 Å². The van der Waals surface area contributed by atoms with Gasteiger partial charge in [0.05, 0.1) is 31.8 Å². The largest absolute Gasteiger partial charge is 0.490 e. The second kappa shape index (κ2) is 7.74. The topological polar surface area (TPSA) is 57.6 Å². The normalized spacial score (nSPS) is 12.1. The van der Waals surface area contributed by atoms with E-state index >= 15 is 0 Å². The maximum atomic E-state index is 6.25. The molecule has 2 rings (SSSR count). The van der Waals surface area contributed by atoms with Gasteiger partial charge in [-0.1, -0.05) is 19.9 Å². The fourth-order valence-electron chi connectivity index (χ4n) is 2.02. The van der Waals surface area contributed by atoms with E-state index in [1.54, 1.807) is 12.5 Å². The summed E-state index contributed by atoms with van der Waals surface area (Å²) in [6.07, 6.45) is 5.20. The van der Waals surface area contributed by atoms with Crippen molar-refractivity contribution < 1.29 is 13.9 Å². The monoisotopic (exact) mass is 289 g/mol. The molecule has 1 atom stereocenters. The standard InChI is InChI=1S/C17H23NO3/c1-3-8-20-15-6-5-13(11-16(15)21-9-4-2)17(18)14-7-10-19-12-14/h5-7,10-12,17H,3-4,8-9,18H2,1-2H3. The summed E-state index contributed by atoms with van der Waals surface area (Å²) in [6, 6.07) is 7.50. The molecule has 0 aliphatic heterocycles. The van der Waals surface area contributed by atoms with Gasteiger partial charge in [-0.2, -0.15) is 0 Å². The van der Waals surface area contributed by atoms with Crippen molar-refractivity contribution in [2.24, 2.45) is 5.73 Å². The van der Waals surface area contributed by atoms with E-state index in [1.165, 1.54) is 0 Å². The molecule has 0 saturated heterocycles. The minimum Gasteiger partial charge on any atom is -0.490 e. The van der Waals surface area contributed by atoms with Gasteiger partial charge in [0.15, 0.2) is 11.5 Å². The van der Waals surface area contributed by atoms with Gasteiger partial charge in [-0.3, -0.25) is 0 Å². The number of ether oxygens (including phenoxy) is 2. The molecule has 2 aromatic rings. The van der Waals surface area contributed by atoms with Crippen molar-refractivity contribution >= 4 is 0 Å². The van der Waals surface area contributed by atoms with Crippen LogP contribution >= 0.6 is 0 Å². The van der Waals surface area contributed by atoms with Gasteiger partial charge in [0.25, 0.3) is 0 Å².